The average molecular weight is 195 g/mol. The van der Waals surface area contributed by atoms with Crippen molar-refractivity contribution in [1.29, 1.82) is 0 Å². The monoisotopic (exact) mass is 195 g/mol. The van der Waals surface area contributed by atoms with Crippen molar-refractivity contribution in [1.82, 2.24) is 5.32 Å². The van der Waals surface area contributed by atoms with Gasteiger partial charge in [-0.25, -0.2) is 0 Å². The Morgan fingerprint density at radius 2 is 2.36 bits per heavy atom. The molecule has 3 nitrogen and oxygen atoms in total. The highest BCUT2D eigenvalue weighted by Crippen LogP contribution is 2.24. The fraction of sp³-hybridized carbons (Fsp3) is 0.636. The number of aliphatic hydroxyl groups is 1. The molecule has 0 radical (unpaired) electrons. The molecule has 0 aliphatic carbocycles. The van der Waals surface area contributed by atoms with Crippen LogP contribution in [-0.2, 0) is 6.42 Å². The Balaban J connectivity index is 1.99. The quantitative estimate of drug-likeness (QED) is 0.748. The molecule has 1 unspecified atom stereocenters. The molecular formula is C11H17NO2. The van der Waals surface area contributed by atoms with Crippen LogP contribution in [0.25, 0.3) is 0 Å². The lowest BCUT2D eigenvalue weighted by Crippen LogP contribution is -2.32. The zero-order valence-corrected chi connectivity index (χ0v) is 8.33. The first kappa shape index (κ1) is 9.74. The molecule has 1 aliphatic rings. The molecule has 3 heteroatoms. The van der Waals surface area contributed by atoms with Gasteiger partial charge >= 0.3 is 0 Å². The van der Waals surface area contributed by atoms with Gasteiger partial charge in [0.2, 0.25) is 0 Å². The number of hydrogen-bond acceptors (Lipinski definition) is 3. The van der Waals surface area contributed by atoms with Crippen LogP contribution in [0.3, 0.4) is 0 Å². The first-order valence-electron chi connectivity index (χ1n) is 5.24. The van der Waals surface area contributed by atoms with Gasteiger partial charge in [0.15, 0.2) is 0 Å². The van der Waals surface area contributed by atoms with E-state index in [9.17, 15) is 5.11 Å². The lowest BCUT2D eigenvalue weighted by atomic mass is 9.90. The molecule has 2 heterocycles. The van der Waals surface area contributed by atoms with Crippen LogP contribution in [0.2, 0.25) is 0 Å². The van der Waals surface area contributed by atoms with Crippen molar-refractivity contribution >= 4 is 0 Å². The minimum absolute atomic E-state index is 0.568. The van der Waals surface area contributed by atoms with Gasteiger partial charge in [-0.1, -0.05) is 0 Å². The zero-order valence-electron chi connectivity index (χ0n) is 8.33. The van der Waals surface area contributed by atoms with Crippen LogP contribution in [0.4, 0.5) is 0 Å². The standard InChI is InChI=1S/C11H17NO2/c13-11(4-2-6-12-7-5-11)9-10-3-1-8-14-10/h1,3,8,12-13H,2,4-7,9H2. The van der Waals surface area contributed by atoms with Gasteiger partial charge in [0.25, 0.3) is 0 Å². The molecule has 14 heavy (non-hydrogen) atoms. The summed E-state index contributed by atoms with van der Waals surface area (Å²) >= 11 is 0. The van der Waals surface area contributed by atoms with Gasteiger partial charge < -0.3 is 14.8 Å². The predicted molar refractivity (Wildman–Crippen MR) is 54.1 cm³/mol. The summed E-state index contributed by atoms with van der Waals surface area (Å²) in [5.41, 5.74) is -0.568. The second-order valence-electron chi connectivity index (χ2n) is 4.08. The van der Waals surface area contributed by atoms with Crippen LogP contribution >= 0.6 is 0 Å². The average Bonchev–Trinajstić information content (AvgIpc) is 2.55. The fourth-order valence-corrected chi connectivity index (χ4v) is 2.03. The summed E-state index contributed by atoms with van der Waals surface area (Å²) in [7, 11) is 0. The summed E-state index contributed by atoms with van der Waals surface area (Å²) in [5.74, 6) is 0.884. The van der Waals surface area contributed by atoms with Crippen molar-refractivity contribution in [2.45, 2.75) is 31.3 Å². The van der Waals surface area contributed by atoms with Gasteiger partial charge in [-0.15, -0.1) is 0 Å². The Morgan fingerprint density at radius 3 is 3.14 bits per heavy atom. The molecule has 0 bridgehead atoms. The third-order valence-electron chi connectivity index (χ3n) is 2.85. The van der Waals surface area contributed by atoms with Crippen molar-refractivity contribution in [3.8, 4) is 0 Å². The topological polar surface area (TPSA) is 45.4 Å². The van der Waals surface area contributed by atoms with Crippen molar-refractivity contribution in [3.63, 3.8) is 0 Å². The maximum absolute atomic E-state index is 10.3. The highest BCUT2D eigenvalue weighted by Gasteiger charge is 2.28. The Morgan fingerprint density at radius 1 is 1.43 bits per heavy atom. The van der Waals surface area contributed by atoms with Gasteiger partial charge in [0.1, 0.15) is 5.76 Å². The lowest BCUT2D eigenvalue weighted by Gasteiger charge is -2.24. The molecule has 0 amide bonds. The maximum Gasteiger partial charge on any atom is 0.106 e. The first-order valence-corrected chi connectivity index (χ1v) is 5.24. The van der Waals surface area contributed by atoms with Crippen LogP contribution in [-0.4, -0.2) is 23.8 Å². The molecule has 1 aromatic rings. The van der Waals surface area contributed by atoms with Crippen LogP contribution < -0.4 is 5.32 Å². The van der Waals surface area contributed by atoms with E-state index in [2.05, 4.69) is 5.32 Å². The molecule has 1 saturated heterocycles. The van der Waals surface area contributed by atoms with Crippen molar-refractivity contribution < 1.29 is 9.52 Å². The van der Waals surface area contributed by atoms with Gasteiger partial charge in [-0.2, -0.15) is 0 Å². The molecule has 78 valence electrons. The molecule has 0 spiro atoms. The molecule has 1 aliphatic heterocycles. The molecule has 2 N–H and O–H groups in total. The first-order chi connectivity index (χ1) is 6.79. The largest absolute Gasteiger partial charge is 0.469 e. The van der Waals surface area contributed by atoms with Crippen LogP contribution in [0.15, 0.2) is 22.8 Å². The fourth-order valence-electron chi connectivity index (χ4n) is 2.03. The lowest BCUT2D eigenvalue weighted by molar-refractivity contribution is 0.0238. The summed E-state index contributed by atoms with van der Waals surface area (Å²) in [6, 6.07) is 3.80. The van der Waals surface area contributed by atoms with Crippen LogP contribution in [0.1, 0.15) is 25.0 Å². The van der Waals surface area contributed by atoms with Crippen molar-refractivity contribution in [2.24, 2.45) is 0 Å². The van der Waals surface area contributed by atoms with E-state index in [1.54, 1.807) is 6.26 Å². The van der Waals surface area contributed by atoms with Crippen molar-refractivity contribution in [3.05, 3.63) is 24.2 Å². The summed E-state index contributed by atoms with van der Waals surface area (Å²) in [6.07, 6.45) is 5.01. The molecule has 1 atom stereocenters. The smallest absolute Gasteiger partial charge is 0.106 e. The summed E-state index contributed by atoms with van der Waals surface area (Å²) < 4.78 is 5.26. The van der Waals surface area contributed by atoms with Crippen molar-refractivity contribution in [2.75, 3.05) is 13.1 Å². The summed E-state index contributed by atoms with van der Waals surface area (Å²) in [6.45, 7) is 1.91. The normalized spacial score (nSPS) is 28.6. The number of rotatable bonds is 2. The highest BCUT2D eigenvalue weighted by atomic mass is 16.3. The van der Waals surface area contributed by atoms with Gasteiger partial charge in [-0.3, -0.25) is 0 Å². The summed E-state index contributed by atoms with van der Waals surface area (Å²) in [4.78, 5) is 0. The Labute approximate surface area is 84.1 Å². The van der Waals surface area contributed by atoms with E-state index < -0.39 is 5.60 Å². The van der Waals surface area contributed by atoms with E-state index in [1.165, 1.54) is 0 Å². The molecule has 1 fully saturated rings. The van der Waals surface area contributed by atoms with E-state index in [1.807, 2.05) is 12.1 Å². The SMILES string of the molecule is OC1(Cc2ccco2)CCCNCC1. The third-order valence-corrected chi connectivity index (χ3v) is 2.85. The van der Waals surface area contributed by atoms with Gasteiger partial charge in [0.05, 0.1) is 11.9 Å². The number of hydrogen-bond donors (Lipinski definition) is 2. The van der Waals surface area contributed by atoms with E-state index in [0.29, 0.717) is 6.42 Å². The van der Waals surface area contributed by atoms with Gasteiger partial charge in [-0.05, 0) is 44.5 Å². The predicted octanol–water partition coefficient (Wildman–Crippen LogP) is 1.33. The Kier molecular flexibility index (Phi) is 2.89. The molecule has 1 aromatic heterocycles. The summed E-state index contributed by atoms with van der Waals surface area (Å²) in [5, 5.41) is 13.6. The second-order valence-corrected chi connectivity index (χ2v) is 4.08. The van der Waals surface area contributed by atoms with Crippen LogP contribution in [0, 0.1) is 0 Å². The van der Waals surface area contributed by atoms with E-state index in [-0.39, 0.29) is 0 Å². The highest BCUT2D eigenvalue weighted by molar-refractivity contribution is 5.03. The number of nitrogens with one attached hydrogen (secondary N) is 1. The van der Waals surface area contributed by atoms with Crippen LogP contribution in [0.5, 0.6) is 0 Å². The Hall–Kier alpha value is -0.800. The Bertz CT molecular complexity index is 261. The minimum Gasteiger partial charge on any atom is -0.469 e. The molecular weight excluding hydrogens is 178 g/mol. The third kappa shape index (κ3) is 2.36. The molecule has 2 rings (SSSR count). The second kappa shape index (κ2) is 4.15. The zero-order chi connectivity index (χ0) is 9.86. The van der Waals surface area contributed by atoms with E-state index >= 15 is 0 Å². The molecule has 0 saturated carbocycles. The maximum atomic E-state index is 10.3. The van der Waals surface area contributed by atoms with E-state index in [4.69, 9.17) is 4.42 Å². The minimum atomic E-state index is -0.568. The van der Waals surface area contributed by atoms with E-state index in [0.717, 1.165) is 38.1 Å². The molecule has 0 aromatic carbocycles. The number of furan rings is 1. The van der Waals surface area contributed by atoms with Gasteiger partial charge in [0, 0.05) is 6.42 Å².